The smallest absolute Gasteiger partial charge is 0.200 e. The van der Waals surface area contributed by atoms with Crippen molar-refractivity contribution in [2.75, 3.05) is 7.05 Å². The van der Waals surface area contributed by atoms with Gasteiger partial charge in [0.05, 0.1) is 5.60 Å². The second-order valence-electron chi connectivity index (χ2n) is 5.83. The fourth-order valence-electron chi connectivity index (χ4n) is 2.03. The van der Waals surface area contributed by atoms with Gasteiger partial charge in [0, 0.05) is 0 Å². The fourth-order valence-corrected chi connectivity index (χ4v) is 2.03. The van der Waals surface area contributed by atoms with Gasteiger partial charge in [0.15, 0.2) is 12.5 Å². The van der Waals surface area contributed by atoms with Gasteiger partial charge < -0.3 is 9.47 Å². The third-order valence-electron chi connectivity index (χ3n) is 2.13. The van der Waals surface area contributed by atoms with Crippen molar-refractivity contribution in [1.29, 1.82) is 0 Å². The van der Waals surface area contributed by atoms with Crippen LogP contribution in [0.3, 0.4) is 0 Å². The first kappa shape index (κ1) is 12.0. The predicted molar refractivity (Wildman–Crippen MR) is 57.0 cm³/mol. The number of likely N-dealkylation sites (N-methyl/N-ethyl adjacent to an activating group) is 1. The highest BCUT2D eigenvalue weighted by Crippen LogP contribution is 2.34. The van der Waals surface area contributed by atoms with Crippen LogP contribution in [0.25, 0.3) is 0 Å². The first-order valence-electron chi connectivity index (χ1n) is 5.24. The molecule has 1 saturated heterocycles. The minimum absolute atomic E-state index is 0.0580. The van der Waals surface area contributed by atoms with Crippen molar-refractivity contribution in [1.82, 2.24) is 5.32 Å². The maximum Gasteiger partial charge on any atom is 0.200 e. The zero-order valence-corrected chi connectivity index (χ0v) is 10.2. The third kappa shape index (κ3) is 3.95. The molecule has 1 rings (SSSR count). The Morgan fingerprint density at radius 2 is 1.79 bits per heavy atom. The van der Waals surface area contributed by atoms with Crippen LogP contribution in [0.1, 0.15) is 41.0 Å². The van der Waals surface area contributed by atoms with Crippen molar-refractivity contribution >= 4 is 0 Å². The summed E-state index contributed by atoms with van der Waals surface area (Å²) in [6.07, 6.45) is 1.06. The molecule has 0 spiro atoms. The Kier molecular flexibility index (Phi) is 3.24. The molecule has 2 atom stereocenters. The molecule has 3 heteroatoms. The van der Waals surface area contributed by atoms with Crippen molar-refractivity contribution in [2.45, 2.75) is 59.2 Å². The molecule has 0 amide bonds. The molecule has 0 aliphatic carbocycles. The van der Waals surface area contributed by atoms with Crippen LogP contribution in [-0.2, 0) is 9.47 Å². The summed E-state index contributed by atoms with van der Waals surface area (Å²) in [5, 5.41) is 3.03. The Morgan fingerprint density at radius 3 is 2.14 bits per heavy atom. The molecule has 0 aromatic carbocycles. The molecule has 1 aliphatic heterocycles. The summed E-state index contributed by atoms with van der Waals surface area (Å²) in [5.74, 6) is 0. The maximum absolute atomic E-state index is 5.84. The minimum Gasteiger partial charge on any atom is -0.343 e. The van der Waals surface area contributed by atoms with Crippen LogP contribution in [0.2, 0.25) is 0 Å². The predicted octanol–water partition coefficient (Wildman–Crippen LogP) is 2.12. The molecule has 1 fully saturated rings. The Morgan fingerprint density at radius 1 is 1.21 bits per heavy atom. The second-order valence-corrected chi connectivity index (χ2v) is 5.83. The molecule has 0 bridgehead atoms. The lowest BCUT2D eigenvalue weighted by Crippen LogP contribution is -2.32. The lowest BCUT2D eigenvalue weighted by atomic mass is 9.84. The molecule has 0 aromatic heterocycles. The summed E-state index contributed by atoms with van der Waals surface area (Å²) >= 11 is 0. The van der Waals surface area contributed by atoms with E-state index in [1.807, 2.05) is 7.05 Å². The van der Waals surface area contributed by atoms with Gasteiger partial charge in [0.1, 0.15) is 0 Å². The third-order valence-corrected chi connectivity index (χ3v) is 2.13. The molecule has 2 unspecified atom stereocenters. The Bertz CT molecular complexity index is 196. The van der Waals surface area contributed by atoms with Gasteiger partial charge in [-0.2, -0.15) is 0 Å². The fraction of sp³-hybridized carbons (Fsp3) is 1.00. The van der Waals surface area contributed by atoms with Gasteiger partial charge in [-0.05, 0) is 32.7 Å². The summed E-state index contributed by atoms with van der Waals surface area (Å²) in [7, 11) is 1.88. The van der Waals surface area contributed by atoms with E-state index in [1.165, 1.54) is 0 Å². The molecule has 3 nitrogen and oxygen atoms in total. The number of hydrogen-bond acceptors (Lipinski definition) is 3. The van der Waals surface area contributed by atoms with Gasteiger partial charge in [-0.1, -0.05) is 20.8 Å². The first-order chi connectivity index (χ1) is 6.23. The van der Waals surface area contributed by atoms with Gasteiger partial charge in [0.2, 0.25) is 0 Å². The molecule has 14 heavy (non-hydrogen) atoms. The van der Waals surface area contributed by atoms with Gasteiger partial charge >= 0.3 is 0 Å². The van der Waals surface area contributed by atoms with Crippen LogP contribution in [-0.4, -0.2) is 25.2 Å². The highest BCUT2D eigenvalue weighted by molar-refractivity contribution is 4.82. The average molecular weight is 201 g/mol. The van der Waals surface area contributed by atoms with Crippen molar-refractivity contribution in [3.05, 3.63) is 0 Å². The van der Waals surface area contributed by atoms with Gasteiger partial charge in [-0.15, -0.1) is 0 Å². The van der Waals surface area contributed by atoms with Gasteiger partial charge in [-0.3, -0.25) is 5.32 Å². The van der Waals surface area contributed by atoms with Crippen LogP contribution < -0.4 is 5.32 Å². The van der Waals surface area contributed by atoms with Crippen LogP contribution in [0, 0.1) is 5.41 Å². The summed E-state index contributed by atoms with van der Waals surface area (Å²) in [6.45, 7) is 10.9. The SMILES string of the molecule is CNC1OC1OC(C)(C)CC(C)(C)C. The van der Waals surface area contributed by atoms with Crippen LogP contribution >= 0.6 is 0 Å². The van der Waals surface area contributed by atoms with E-state index < -0.39 is 0 Å². The van der Waals surface area contributed by atoms with E-state index in [1.54, 1.807) is 0 Å². The largest absolute Gasteiger partial charge is 0.343 e. The van der Waals surface area contributed by atoms with Crippen molar-refractivity contribution in [3.8, 4) is 0 Å². The quantitative estimate of drug-likeness (QED) is 0.707. The van der Waals surface area contributed by atoms with E-state index in [0.29, 0.717) is 0 Å². The molecule has 0 saturated carbocycles. The molecule has 0 aromatic rings. The summed E-state index contributed by atoms with van der Waals surface area (Å²) < 4.78 is 11.1. The van der Waals surface area contributed by atoms with Crippen molar-refractivity contribution < 1.29 is 9.47 Å². The standard InChI is InChI=1S/C11H23NO2/c1-10(2,3)7-11(4,5)14-9-8(12-6)13-9/h8-9,12H,7H2,1-6H3. The van der Waals surface area contributed by atoms with E-state index in [-0.39, 0.29) is 23.5 Å². The molecular weight excluding hydrogens is 178 g/mol. The van der Waals surface area contributed by atoms with E-state index in [2.05, 4.69) is 39.9 Å². The van der Waals surface area contributed by atoms with E-state index >= 15 is 0 Å². The molecule has 1 heterocycles. The summed E-state index contributed by atoms with van der Waals surface area (Å²) in [6, 6.07) is 0. The molecular formula is C11H23NO2. The maximum atomic E-state index is 5.84. The van der Waals surface area contributed by atoms with Crippen molar-refractivity contribution in [3.63, 3.8) is 0 Å². The van der Waals surface area contributed by atoms with Crippen LogP contribution in [0.4, 0.5) is 0 Å². The average Bonchev–Trinajstić information content (AvgIpc) is 2.59. The van der Waals surface area contributed by atoms with Crippen LogP contribution in [0.5, 0.6) is 0 Å². The lowest BCUT2D eigenvalue weighted by Gasteiger charge is -2.31. The second kappa shape index (κ2) is 3.80. The number of hydrogen-bond donors (Lipinski definition) is 1. The Labute approximate surface area is 87.2 Å². The highest BCUT2D eigenvalue weighted by Gasteiger charge is 2.43. The summed E-state index contributed by atoms with van der Waals surface area (Å²) in [5.41, 5.74) is 0.169. The van der Waals surface area contributed by atoms with E-state index in [9.17, 15) is 0 Å². The van der Waals surface area contributed by atoms with Crippen LogP contribution in [0.15, 0.2) is 0 Å². The van der Waals surface area contributed by atoms with Gasteiger partial charge in [0.25, 0.3) is 0 Å². The highest BCUT2D eigenvalue weighted by atomic mass is 16.8. The first-order valence-corrected chi connectivity index (χ1v) is 5.24. The molecule has 0 radical (unpaired) electrons. The zero-order chi connectivity index (χ0) is 11.0. The number of rotatable bonds is 4. The van der Waals surface area contributed by atoms with E-state index in [4.69, 9.17) is 9.47 Å². The Balaban J connectivity index is 2.35. The molecule has 84 valence electrons. The molecule has 1 N–H and O–H groups in total. The lowest BCUT2D eigenvalue weighted by molar-refractivity contribution is -0.0875. The van der Waals surface area contributed by atoms with Gasteiger partial charge in [-0.25, -0.2) is 0 Å². The Hall–Kier alpha value is -0.120. The minimum atomic E-state index is -0.117. The normalized spacial score (nSPS) is 27.9. The topological polar surface area (TPSA) is 33.8 Å². The number of nitrogens with one attached hydrogen (secondary N) is 1. The number of ether oxygens (including phenoxy) is 2. The van der Waals surface area contributed by atoms with Crippen molar-refractivity contribution in [2.24, 2.45) is 5.41 Å². The monoisotopic (exact) mass is 201 g/mol. The van der Waals surface area contributed by atoms with E-state index in [0.717, 1.165) is 6.42 Å². The zero-order valence-electron chi connectivity index (χ0n) is 10.2. The number of epoxide rings is 1. The molecule has 1 aliphatic rings. The summed E-state index contributed by atoms with van der Waals surface area (Å²) in [4.78, 5) is 0.